The van der Waals surface area contributed by atoms with Crippen LogP contribution in [0.4, 0.5) is 0 Å². The molecule has 1 heterocycles. The van der Waals surface area contributed by atoms with Crippen LogP contribution in [0.2, 0.25) is 0 Å². The molecule has 0 N–H and O–H groups in total. The SMILES string of the molecule is COc1nc(/C(=C/C2CCCC2)c2ccc(SC)cc2)ccc1C1CC1. The van der Waals surface area contributed by atoms with Gasteiger partial charge in [0, 0.05) is 16.0 Å². The highest BCUT2D eigenvalue weighted by Gasteiger charge is 2.28. The molecule has 2 nitrogen and oxygen atoms in total. The molecular formula is C23H27NOS. The van der Waals surface area contributed by atoms with Crippen molar-refractivity contribution in [3.63, 3.8) is 0 Å². The molecule has 0 saturated heterocycles. The minimum Gasteiger partial charge on any atom is -0.481 e. The van der Waals surface area contributed by atoms with Crippen LogP contribution in [0.1, 0.15) is 61.3 Å². The molecule has 3 heteroatoms. The zero-order valence-electron chi connectivity index (χ0n) is 15.7. The van der Waals surface area contributed by atoms with E-state index in [0.717, 1.165) is 11.6 Å². The monoisotopic (exact) mass is 365 g/mol. The molecule has 2 aliphatic rings. The van der Waals surface area contributed by atoms with Crippen LogP contribution in [0.25, 0.3) is 5.57 Å². The van der Waals surface area contributed by atoms with E-state index in [-0.39, 0.29) is 0 Å². The third-order valence-electron chi connectivity index (χ3n) is 5.58. The van der Waals surface area contributed by atoms with Crippen LogP contribution in [-0.4, -0.2) is 18.3 Å². The van der Waals surface area contributed by atoms with E-state index in [2.05, 4.69) is 48.7 Å². The summed E-state index contributed by atoms with van der Waals surface area (Å²) in [4.78, 5) is 6.21. The average Bonchev–Trinajstić information content (AvgIpc) is 3.41. The Balaban J connectivity index is 1.74. The fraction of sp³-hybridized carbons (Fsp3) is 0.435. The number of pyridine rings is 1. The van der Waals surface area contributed by atoms with Gasteiger partial charge in [-0.1, -0.05) is 37.1 Å². The van der Waals surface area contributed by atoms with Gasteiger partial charge in [-0.25, -0.2) is 4.98 Å². The normalized spacial score (nSPS) is 18.3. The second-order valence-corrected chi connectivity index (χ2v) is 8.30. The summed E-state index contributed by atoms with van der Waals surface area (Å²) in [5, 5.41) is 0. The second kappa shape index (κ2) is 7.87. The maximum absolute atomic E-state index is 5.64. The minimum absolute atomic E-state index is 0.648. The third kappa shape index (κ3) is 3.83. The Kier molecular flexibility index (Phi) is 5.35. The number of aromatic nitrogens is 1. The van der Waals surface area contributed by atoms with Crippen molar-refractivity contribution in [3.05, 3.63) is 59.3 Å². The minimum atomic E-state index is 0.648. The van der Waals surface area contributed by atoms with Crippen LogP contribution in [-0.2, 0) is 0 Å². The van der Waals surface area contributed by atoms with E-state index >= 15 is 0 Å². The van der Waals surface area contributed by atoms with Crippen LogP contribution < -0.4 is 4.74 Å². The highest BCUT2D eigenvalue weighted by Crippen LogP contribution is 2.44. The molecule has 2 saturated carbocycles. The summed E-state index contributed by atoms with van der Waals surface area (Å²) in [5.41, 5.74) is 4.82. The van der Waals surface area contributed by atoms with E-state index in [1.54, 1.807) is 18.9 Å². The van der Waals surface area contributed by atoms with Crippen LogP contribution in [0.5, 0.6) is 5.88 Å². The summed E-state index contributed by atoms with van der Waals surface area (Å²) in [6.45, 7) is 0. The van der Waals surface area contributed by atoms with Crippen molar-refractivity contribution in [3.8, 4) is 5.88 Å². The Labute approximate surface area is 161 Å². The summed E-state index contributed by atoms with van der Waals surface area (Å²) in [6.07, 6.45) is 12.4. The second-order valence-electron chi connectivity index (χ2n) is 7.42. The molecule has 0 atom stereocenters. The van der Waals surface area contributed by atoms with Gasteiger partial charge >= 0.3 is 0 Å². The Hall–Kier alpha value is -1.74. The maximum atomic E-state index is 5.64. The standard InChI is InChI=1S/C23H27NOS/c1-25-23-20(17-7-8-17)13-14-22(24-23)21(15-16-5-3-4-6-16)18-9-11-19(26-2)12-10-18/h9-17H,3-8H2,1-2H3/b21-15+. The lowest BCUT2D eigenvalue weighted by molar-refractivity contribution is 0.392. The number of hydrogen-bond acceptors (Lipinski definition) is 3. The van der Waals surface area contributed by atoms with Gasteiger partial charge in [-0.05, 0) is 67.5 Å². The van der Waals surface area contributed by atoms with E-state index in [9.17, 15) is 0 Å². The summed E-state index contributed by atoms with van der Waals surface area (Å²) >= 11 is 1.78. The van der Waals surface area contributed by atoms with E-state index < -0.39 is 0 Å². The van der Waals surface area contributed by atoms with Crippen molar-refractivity contribution >= 4 is 17.3 Å². The van der Waals surface area contributed by atoms with E-state index in [4.69, 9.17) is 9.72 Å². The van der Waals surface area contributed by atoms with Gasteiger partial charge in [-0.15, -0.1) is 11.8 Å². The molecule has 0 unspecified atom stereocenters. The molecular weight excluding hydrogens is 338 g/mol. The fourth-order valence-corrected chi connectivity index (χ4v) is 4.34. The van der Waals surface area contributed by atoms with Gasteiger partial charge < -0.3 is 4.74 Å². The van der Waals surface area contributed by atoms with E-state index in [1.807, 2.05) is 0 Å². The third-order valence-corrected chi connectivity index (χ3v) is 6.32. The van der Waals surface area contributed by atoms with Gasteiger partial charge in [-0.3, -0.25) is 0 Å². The lowest BCUT2D eigenvalue weighted by Gasteiger charge is -2.14. The molecule has 26 heavy (non-hydrogen) atoms. The predicted molar refractivity (Wildman–Crippen MR) is 110 cm³/mol. The topological polar surface area (TPSA) is 22.1 Å². The first-order chi connectivity index (χ1) is 12.8. The molecule has 0 bridgehead atoms. The Morgan fingerprint density at radius 2 is 1.77 bits per heavy atom. The number of methoxy groups -OCH3 is 1. The molecule has 1 aromatic carbocycles. The highest BCUT2D eigenvalue weighted by molar-refractivity contribution is 7.98. The Morgan fingerprint density at radius 1 is 1.04 bits per heavy atom. The number of thioether (sulfide) groups is 1. The zero-order valence-corrected chi connectivity index (χ0v) is 16.5. The number of nitrogens with zero attached hydrogens (tertiary/aromatic N) is 1. The molecule has 0 radical (unpaired) electrons. The molecule has 136 valence electrons. The van der Waals surface area contributed by atoms with Gasteiger partial charge in [0.15, 0.2) is 0 Å². The number of hydrogen-bond donors (Lipinski definition) is 0. The lowest BCUT2D eigenvalue weighted by Crippen LogP contribution is -2.00. The lowest BCUT2D eigenvalue weighted by atomic mass is 9.95. The van der Waals surface area contributed by atoms with Crippen LogP contribution >= 0.6 is 11.8 Å². The van der Waals surface area contributed by atoms with Crippen LogP contribution in [0.3, 0.4) is 0 Å². The Bertz CT molecular complexity index is 786. The van der Waals surface area contributed by atoms with Gasteiger partial charge in [0.1, 0.15) is 0 Å². The number of benzene rings is 1. The Morgan fingerprint density at radius 3 is 2.38 bits per heavy atom. The molecule has 2 aromatic rings. The maximum Gasteiger partial charge on any atom is 0.217 e. The van der Waals surface area contributed by atoms with Gasteiger partial charge in [0.05, 0.1) is 12.8 Å². The first-order valence-corrected chi connectivity index (χ1v) is 10.9. The number of ether oxygens (including phenoxy) is 1. The van der Waals surface area contributed by atoms with Gasteiger partial charge in [0.25, 0.3) is 0 Å². The highest BCUT2D eigenvalue weighted by atomic mass is 32.2. The van der Waals surface area contributed by atoms with Crippen molar-refractivity contribution in [2.75, 3.05) is 13.4 Å². The smallest absolute Gasteiger partial charge is 0.217 e. The average molecular weight is 366 g/mol. The van der Waals surface area contributed by atoms with E-state index in [1.165, 1.54) is 60.1 Å². The number of allylic oxidation sites excluding steroid dienone is 1. The molecule has 0 spiro atoms. The molecule has 2 aliphatic carbocycles. The van der Waals surface area contributed by atoms with Crippen molar-refractivity contribution in [2.45, 2.75) is 49.3 Å². The molecule has 2 fully saturated rings. The van der Waals surface area contributed by atoms with Gasteiger partial charge in [-0.2, -0.15) is 0 Å². The number of rotatable bonds is 6. The summed E-state index contributed by atoms with van der Waals surface area (Å²) < 4.78 is 5.64. The summed E-state index contributed by atoms with van der Waals surface area (Å²) in [5.74, 6) is 2.12. The first-order valence-electron chi connectivity index (χ1n) is 9.70. The van der Waals surface area contributed by atoms with Crippen molar-refractivity contribution < 1.29 is 4.74 Å². The molecule has 1 aromatic heterocycles. The molecule has 0 aliphatic heterocycles. The van der Waals surface area contributed by atoms with Crippen molar-refractivity contribution in [1.29, 1.82) is 0 Å². The predicted octanol–water partition coefficient (Wildman–Crippen LogP) is 6.31. The van der Waals surface area contributed by atoms with Crippen molar-refractivity contribution in [2.24, 2.45) is 5.92 Å². The zero-order chi connectivity index (χ0) is 17.9. The first kappa shape index (κ1) is 17.7. The largest absolute Gasteiger partial charge is 0.481 e. The quantitative estimate of drug-likeness (QED) is 0.560. The molecule has 4 rings (SSSR count). The van der Waals surface area contributed by atoms with Crippen LogP contribution in [0.15, 0.2) is 47.4 Å². The molecule has 0 amide bonds. The van der Waals surface area contributed by atoms with Crippen LogP contribution in [0, 0.1) is 5.92 Å². The van der Waals surface area contributed by atoms with E-state index in [0.29, 0.717) is 11.8 Å². The summed E-state index contributed by atoms with van der Waals surface area (Å²) in [7, 11) is 1.74. The summed E-state index contributed by atoms with van der Waals surface area (Å²) in [6, 6.07) is 13.3. The van der Waals surface area contributed by atoms with Crippen molar-refractivity contribution in [1.82, 2.24) is 4.98 Å². The fourth-order valence-electron chi connectivity index (χ4n) is 3.93. The van der Waals surface area contributed by atoms with Gasteiger partial charge in [0.2, 0.25) is 5.88 Å².